The number of alkyl halides is 1. The lowest BCUT2D eigenvalue weighted by Gasteiger charge is -2.11. The zero-order valence-electron chi connectivity index (χ0n) is 12.6. The Morgan fingerprint density at radius 3 is 2.81 bits per heavy atom. The van der Waals surface area contributed by atoms with Crippen molar-refractivity contribution in [2.75, 3.05) is 13.2 Å². The summed E-state index contributed by atoms with van der Waals surface area (Å²) in [6, 6.07) is 1.97. The molecule has 2 aromatic heterocycles. The number of hydrogen-bond donors (Lipinski definition) is 0. The van der Waals surface area contributed by atoms with E-state index < -0.39 is 0 Å². The molecule has 116 valence electrons. The molecular formula is C15H21BrClN3O. The Kier molecular flexibility index (Phi) is 6.02. The molecule has 0 fully saturated rings. The van der Waals surface area contributed by atoms with Crippen molar-refractivity contribution in [3.63, 3.8) is 0 Å². The van der Waals surface area contributed by atoms with Crippen LogP contribution in [0.3, 0.4) is 0 Å². The molecule has 0 aliphatic carbocycles. The summed E-state index contributed by atoms with van der Waals surface area (Å²) in [5, 5.41) is -0.144. The maximum absolute atomic E-state index is 6.25. The van der Waals surface area contributed by atoms with Crippen molar-refractivity contribution in [1.82, 2.24) is 14.5 Å². The van der Waals surface area contributed by atoms with Crippen LogP contribution in [0, 0.1) is 5.92 Å². The van der Waals surface area contributed by atoms with Gasteiger partial charge in [0.05, 0.1) is 5.38 Å². The molecule has 0 amide bonds. The number of rotatable bonds is 7. The second-order valence-electron chi connectivity index (χ2n) is 5.56. The van der Waals surface area contributed by atoms with E-state index in [0.717, 1.165) is 47.6 Å². The number of imidazole rings is 1. The smallest absolute Gasteiger partial charge is 0.160 e. The minimum atomic E-state index is -0.144. The highest BCUT2D eigenvalue weighted by Gasteiger charge is 2.15. The van der Waals surface area contributed by atoms with Gasteiger partial charge in [0.1, 0.15) is 11.3 Å². The topological polar surface area (TPSA) is 39.9 Å². The van der Waals surface area contributed by atoms with Crippen LogP contribution in [0.4, 0.5) is 0 Å². The fraction of sp³-hybridized carbons (Fsp3) is 0.600. The van der Waals surface area contributed by atoms with Crippen LogP contribution in [-0.2, 0) is 11.3 Å². The van der Waals surface area contributed by atoms with Crippen molar-refractivity contribution in [2.24, 2.45) is 5.92 Å². The summed E-state index contributed by atoms with van der Waals surface area (Å²) in [4.78, 5) is 9.06. The minimum Gasteiger partial charge on any atom is -0.381 e. The molecule has 0 aliphatic rings. The number of fused-ring (bicyclic) bond motifs is 1. The molecule has 0 spiro atoms. The Balaban J connectivity index is 2.11. The highest BCUT2D eigenvalue weighted by atomic mass is 79.9. The van der Waals surface area contributed by atoms with Crippen LogP contribution in [0.1, 0.15) is 38.4 Å². The van der Waals surface area contributed by atoms with Crippen LogP contribution in [0.5, 0.6) is 0 Å². The third kappa shape index (κ3) is 4.41. The number of ether oxygens (including phenoxy) is 1. The van der Waals surface area contributed by atoms with Crippen LogP contribution in [-0.4, -0.2) is 27.7 Å². The normalized spacial score (nSPS) is 13.2. The standard InChI is InChI=1S/C15H21BrClN3O/c1-10(2)9-21-6-4-5-20-14(11(3)17)19-13-7-12(16)8-18-15(13)20/h7-8,10-11H,4-6,9H2,1-3H3. The van der Waals surface area contributed by atoms with E-state index in [1.165, 1.54) is 0 Å². The van der Waals surface area contributed by atoms with Crippen molar-refractivity contribution in [3.05, 3.63) is 22.6 Å². The van der Waals surface area contributed by atoms with Gasteiger partial charge in [-0.15, -0.1) is 11.6 Å². The van der Waals surface area contributed by atoms with Gasteiger partial charge in [-0.1, -0.05) is 13.8 Å². The molecular weight excluding hydrogens is 354 g/mol. The monoisotopic (exact) mass is 373 g/mol. The van der Waals surface area contributed by atoms with E-state index in [9.17, 15) is 0 Å². The Morgan fingerprint density at radius 2 is 2.14 bits per heavy atom. The third-order valence-corrected chi connectivity index (χ3v) is 3.69. The molecule has 0 radical (unpaired) electrons. The fourth-order valence-corrected chi connectivity index (χ4v) is 2.66. The number of pyridine rings is 1. The SMILES string of the molecule is CC(C)COCCCn1c(C(C)Cl)nc2cc(Br)cnc21. The van der Waals surface area contributed by atoms with Gasteiger partial charge in [0.25, 0.3) is 0 Å². The molecule has 1 atom stereocenters. The van der Waals surface area contributed by atoms with Crippen LogP contribution in [0.25, 0.3) is 11.2 Å². The van der Waals surface area contributed by atoms with Crippen molar-refractivity contribution < 1.29 is 4.74 Å². The van der Waals surface area contributed by atoms with E-state index in [-0.39, 0.29) is 5.38 Å². The molecule has 21 heavy (non-hydrogen) atoms. The molecule has 0 N–H and O–H groups in total. The van der Waals surface area contributed by atoms with Gasteiger partial charge >= 0.3 is 0 Å². The van der Waals surface area contributed by atoms with Crippen LogP contribution < -0.4 is 0 Å². The van der Waals surface area contributed by atoms with E-state index in [1.807, 2.05) is 13.0 Å². The predicted octanol–water partition coefficient (Wildman–Crippen LogP) is 4.56. The predicted molar refractivity (Wildman–Crippen MR) is 89.8 cm³/mol. The zero-order valence-corrected chi connectivity index (χ0v) is 15.0. The quantitative estimate of drug-likeness (QED) is 0.527. The third-order valence-electron chi connectivity index (χ3n) is 3.06. The largest absolute Gasteiger partial charge is 0.381 e. The average Bonchev–Trinajstić information content (AvgIpc) is 2.76. The number of nitrogens with zero attached hydrogens (tertiary/aromatic N) is 3. The van der Waals surface area contributed by atoms with E-state index in [2.05, 4.69) is 44.3 Å². The van der Waals surface area contributed by atoms with Crippen LogP contribution in [0.2, 0.25) is 0 Å². The molecule has 2 heterocycles. The number of aryl methyl sites for hydroxylation is 1. The van der Waals surface area contributed by atoms with Gasteiger partial charge in [-0.2, -0.15) is 0 Å². The van der Waals surface area contributed by atoms with Gasteiger partial charge in [-0.3, -0.25) is 0 Å². The summed E-state index contributed by atoms with van der Waals surface area (Å²) in [7, 11) is 0. The van der Waals surface area contributed by atoms with Gasteiger partial charge in [-0.05, 0) is 41.3 Å². The Labute approximate surface area is 139 Å². The number of aromatic nitrogens is 3. The van der Waals surface area contributed by atoms with Crippen molar-refractivity contribution in [3.8, 4) is 0 Å². The Morgan fingerprint density at radius 1 is 1.38 bits per heavy atom. The molecule has 0 aliphatic heterocycles. The molecule has 4 nitrogen and oxygen atoms in total. The Bertz CT molecular complexity index is 598. The van der Waals surface area contributed by atoms with Crippen molar-refractivity contribution in [1.29, 1.82) is 0 Å². The lowest BCUT2D eigenvalue weighted by molar-refractivity contribution is 0.105. The first kappa shape index (κ1) is 16.7. The average molecular weight is 375 g/mol. The van der Waals surface area contributed by atoms with Crippen molar-refractivity contribution >= 4 is 38.7 Å². The second-order valence-corrected chi connectivity index (χ2v) is 7.13. The summed E-state index contributed by atoms with van der Waals surface area (Å²) in [5.41, 5.74) is 1.75. The summed E-state index contributed by atoms with van der Waals surface area (Å²) in [5.74, 6) is 1.43. The van der Waals surface area contributed by atoms with Crippen molar-refractivity contribution in [2.45, 2.75) is 39.1 Å². The van der Waals surface area contributed by atoms with Gasteiger partial charge in [0, 0.05) is 30.4 Å². The molecule has 6 heteroatoms. The van der Waals surface area contributed by atoms with Crippen LogP contribution >= 0.6 is 27.5 Å². The first-order valence-electron chi connectivity index (χ1n) is 7.22. The summed E-state index contributed by atoms with van der Waals surface area (Å²) in [6.45, 7) is 8.59. The van der Waals surface area contributed by atoms with Gasteiger partial charge in [-0.25, -0.2) is 9.97 Å². The maximum Gasteiger partial charge on any atom is 0.160 e. The fourth-order valence-electron chi connectivity index (χ4n) is 2.17. The summed E-state index contributed by atoms with van der Waals surface area (Å²) < 4.78 is 8.65. The lowest BCUT2D eigenvalue weighted by atomic mass is 10.2. The number of halogens is 2. The van der Waals surface area contributed by atoms with E-state index in [0.29, 0.717) is 5.92 Å². The molecule has 2 aromatic rings. The first-order chi connectivity index (χ1) is 9.99. The Hall–Kier alpha value is -0.650. The minimum absolute atomic E-state index is 0.144. The van der Waals surface area contributed by atoms with Gasteiger partial charge in [0.2, 0.25) is 0 Å². The summed E-state index contributed by atoms with van der Waals surface area (Å²) in [6.07, 6.45) is 2.71. The maximum atomic E-state index is 6.25. The molecule has 0 bridgehead atoms. The highest BCUT2D eigenvalue weighted by Crippen LogP contribution is 2.25. The highest BCUT2D eigenvalue weighted by molar-refractivity contribution is 9.10. The molecule has 1 unspecified atom stereocenters. The number of hydrogen-bond acceptors (Lipinski definition) is 3. The lowest BCUT2D eigenvalue weighted by Crippen LogP contribution is -2.09. The van der Waals surface area contributed by atoms with E-state index in [1.54, 1.807) is 6.20 Å². The molecule has 2 rings (SSSR count). The van der Waals surface area contributed by atoms with Gasteiger partial charge < -0.3 is 9.30 Å². The summed E-state index contributed by atoms with van der Waals surface area (Å²) >= 11 is 9.67. The zero-order chi connectivity index (χ0) is 15.4. The second kappa shape index (κ2) is 7.56. The molecule has 0 saturated carbocycles. The first-order valence-corrected chi connectivity index (χ1v) is 8.45. The van der Waals surface area contributed by atoms with Crippen LogP contribution in [0.15, 0.2) is 16.7 Å². The van der Waals surface area contributed by atoms with Gasteiger partial charge in [0.15, 0.2) is 5.65 Å². The molecule has 0 aromatic carbocycles. The molecule has 0 saturated heterocycles. The van der Waals surface area contributed by atoms with E-state index in [4.69, 9.17) is 16.3 Å². The van der Waals surface area contributed by atoms with E-state index >= 15 is 0 Å².